The standard InChI is InChI=1S/C82H160NO8P/c1-3-5-7-9-11-13-15-17-19-21-23-25-27-29-31-33-35-36-37-38-39-40-41-42-43-45-46-48-50-52-54-56-58-60-62-64-66-68-70-72-74-81(84)88-78-80(79-90-92(86,87)89-77-76-83)91-82(85)75-73-71-69-67-65-63-61-59-57-55-53-51-49-47-44-34-32-30-28-26-24-22-20-18-16-14-12-10-8-6-4-2/h16,18,22,24,80H,3-15,17,19-21,23,25-79,83H2,1-2H3,(H,86,87)/b18-16-,24-22-. The first kappa shape index (κ1) is 90.5. The Hall–Kier alpha value is -1.51. The second-order valence-corrected chi connectivity index (χ2v) is 29.8. The summed E-state index contributed by atoms with van der Waals surface area (Å²) in [5.41, 5.74) is 5.42. The van der Waals surface area contributed by atoms with E-state index < -0.39 is 26.5 Å². The third-order valence-electron chi connectivity index (χ3n) is 19.1. The summed E-state index contributed by atoms with van der Waals surface area (Å²) in [5, 5.41) is 0. The van der Waals surface area contributed by atoms with Crippen LogP contribution in [0.5, 0.6) is 0 Å². The number of phosphoric acid groups is 1. The maximum Gasteiger partial charge on any atom is 0.472 e. The quantitative estimate of drug-likeness (QED) is 0.0264. The van der Waals surface area contributed by atoms with Gasteiger partial charge in [-0.05, 0) is 44.9 Å². The first-order valence-electron chi connectivity index (χ1n) is 41.3. The molecule has 0 rings (SSSR count). The van der Waals surface area contributed by atoms with Gasteiger partial charge in [-0.2, -0.15) is 0 Å². The van der Waals surface area contributed by atoms with Crippen molar-refractivity contribution in [3.63, 3.8) is 0 Å². The third kappa shape index (κ3) is 77.5. The summed E-state index contributed by atoms with van der Waals surface area (Å²) < 4.78 is 33.3. The van der Waals surface area contributed by atoms with Crippen LogP contribution in [0.25, 0.3) is 0 Å². The Bertz CT molecular complexity index is 1560. The molecule has 0 bridgehead atoms. The van der Waals surface area contributed by atoms with Crippen LogP contribution in [-0.4, -0.2) is 49.3 Å². The lowest BCUT2D eigenvalue weighted by Gasteiger charge is -2.19. The van der Waals surface area contributed by atoms with E-state index in [1.807, 2.05) is 0 Å². The van der Waals surface area contributed by atoms with Crippen LogP contribution in [0.2, 0.25) is 0 Å². The highest BCUT2D eigenvalue weighted by atomic mass is 31.2. The molecule has 0 radical (unpaired) electrons. The van der Waals surface area contributed by atoms with Crippen molar-refractivity contribution in [2.45, 2.75) is 463 Å². The predicted molar refractivity (Wildman–Crippen MR) is 400 cm³/mol. The SMILES string of the molecule is CCCCCCC/C=C\C/C=C\CCCCCCCCCCCCCCCCCCCCCC(=O)OC(COC(=O)CCCCCCCCCCCCCCCCCCCCCCCCCCCCCCCCCCCCCCCCCC)COP(=O)(O)OCCN. The van der Waals surface area contributed by atoms with Crippen LogP contribution >= 0.6 is 7.82 Å². The van der Waals surface area contributed by atoms with E-state index in [-0.39, 0.29) is 38.6 Å². The predicted octanol–water partition coefficient (Wildman–Crippen LogP) is 27.6. The fourth-order valence-electron chi connectivity index (χ4n) is 13.0. The molecule has 0 aromatic rings. The third-order valence-corrected chi connectivity index (χ3v) is 20.1. The fourth-order valence-corrected chi connectivity index (χ4v) is 13.7. The van der Waals surface area contributed by atoms with Crippen molar-refractivity contribution < 1.29 is 37.6 Å². The monoisotopic (exact) mass is 1320 g/mol. The average molecular weight is 1320 g/mol. The van der Waals surface area contributed by atoms with E-state index in [2.05, 4.69) is 38.2 Å². The van der Waals surface area contributed by atoms with Crippen molar-refractivity contribution in [3.8, 4) is 0 Å². The maximum atomic E-state index is 12.8. The smallest absolute Gasteiger partial charge is 0.462 e. The number of rotatable bonds is 80. The normalized spacial score (nSPS) is 12.9. The maximum absolute atomic E-state index is 12.8. The molecule has 0 amide bonds. The Kier molecular flexibility index (Phi) is 77.2. The Morgan fingerprint density at radius 1 is 0.326 bits per heavy atom. The summed E-state index contributed by atoms with van der Waals surface area (Å²) in [6.07, 6.45) is 99.2. The Balaban J connectivity index is 3.71. The number of nitrogens with two attached hydrogens (primary N) is 1. The molecule has 0 aliphatic heterocycles. The van der Waals surface area contributed by atoms with Crippen LogP contribution in [-0.2, 0) is 32.7 Å². The van der Waals surface area contributed by atoms with Crippen molar-refractivity contribution in [2.24, 2.45) is 5.73 Å². The zero-order chi connectivity index (χ0) is 66.5. The largest absolute Gasteiger partial charge is 0.472 e. The molecule has 0 aromatic carbocycles. The molecule has 0 aliphatic carbocycles. The topological polar surface area (TPSA) is 134 Å². The van der Waals surface area contributed by atoms with Gasteiger partial charge in [0.15, 0.2) is 6.10 Å². The van der Waals surface area contributed by atoms with Gasteiger partial charge in [0.2, 0.25) is 0 Å². The van der Waals surface area contributed by atoms with Gasteiger partial charge in [-0.3, -0.25) is 18.6 Å². The number of esters is 2. The molecule has 10 heteroatoms. The van der Waals surface area contributed by atoms with Crippen molar-refractivity contribution in [1.82, 2.24) is 0 Å². The summed E-state index contributed by atoms with van der Waals surface area (Å²) in [5.74, 6) is -0.799. The van der Waals surface area contributed by atoms with Crippen molar-refractivity contribution in [2.75, 3.05) is 26.4 Å². The van der Waals surface area contributed by atoms with E-state index in [1.165, 1.54) is 385 Å². The number of phosphoric ester groups is 1. The average Bonchev–Trinajstić information content (AvgIpc) is 3.54. The van der Waals surface area contributed by atoms with Crippen molar-refractivity contribution >= 4 is 19.8 Å². The van der Waals surface area contributed by atoms with Gasteiger partial charge in [0.05, 0.1) is 13.2 Å². The summed E-state index contributed by atoms with van der Waals surface area (Å²) in [4.78, 5) is 35.5. The van der Waals surface area contributed by atoms with Gasteiger partial charge in [0.1, 0.15) is 6.61 Å². The molecule has 3 N–H and O–H groups in total. The molecule has 92 heavy (non-hydrogen) atoms. The number of unbranched alkanes of at least 4 members (excludes halogenated alkanes) is 63. The number of hydrogen-bond acceptors (Lipinski definition) is 8. The molecule has 0 aliphatic rings. The Morgan fingerprint density at radius 2 is 0.565 bits per heavy atom. The number of carbonyl (C=O) groups is 2. The second kappa shape index (κ2) is 78.5. The van der Waals surface area contributed by atoms with Gasteiger partial charge in [0.25, 0.3) is 0 Å². The van der Waals surface area contributed by atoms with E-state index in [0.717, 1.165) is 38.5 Å². The highest BCUT2D eigenvalue weighted by Crippen LogP contribution is 2.43. The van der Waals surface area contributed by atoms with Gasteiger partial charge >= 0.3 is 19.8 Å². The molecule has 2 unspecified atom stereocenters. The van der Waals surface area contributed by atoms with Crippen molar-refractivity contribution in [1.29, 1.82) is 0 Å². The molecule has 0 spiro atoms. The van der Waals surface area contributed by atoms with Crippen LogP contribution in [0.4, 0.5) is 0 Å². The second-order valence-electron chi connectivity index (χ2n) is 28.4. The minimum absolute atomic E-state index is 0.0571. The Morgan fingerprint density at radius 3 is 0.826 bits per heavy atom. The van der Waals surface area contributed by atoms with E-state index in [0.29, 0.717) is 6.42 Å². The number of carbonyl (C=O) groups excluding carboxylic acids is 2. The highest BCUT2D eigenvalue weighted by molar-refractivity contribution is 7.47. The number of hydrogen-bond donors (Lipinski definition) is 2. The van der Waals surface area contributed by atoms with E-state index in [4.69, 9.17) is 24.3 Å². The van der Waals surface area contributed by atoms with Crippen LogP contribution < -0.4 is 5.73 Å². The first-order valence-corrected chi connectivity index (χ1v) is 42.8. The fraction of sp³-hybridized carbons (Fsp3) is 0.927. The van der Waals surface area contributed by atoms with Crippen LogP contribution in [0.15, 0.2) is 24.3 Å². The van der Waals surface area contributed by atoms with Gasteiger partial charge in [-0.25, -0.2) is 4.57 Å². The lowest BCUT2D eigenvalue weighted by Crippen LogP contribution is -2.29. The lowest BCUT2D eigenvalue weighted by atomic mass is 10.0. The highest BCUT2D eigenvalue weighted by Gasteiger charge is 2.26. The van der Waals surface area contributed by atoms with Crippen molar-refractivity contribution in [3.05, 3.63) is 24.3 Å². The molecule has 546 valence electrons. The molecular formula is C82H160NO8P. The van der Waals surface area contributed by atoms with E-state index in [9.17, 15) is 19.0 Å². The molecule has 0 fully saturated rings. The minimum atomic E-state index is -4.39. The zero-order valence-corrected chi connectivity index (χ0v) is 62.7. The Labute approximate surface area is 573 Å². The molecular weight excluding hydrogens is 1160 g/mol. The van der Waals surface area contributed by atoms with Gasteiger partial charge < -0.3 is 20.1 Å². The van der Waals surface area contributed by atoms with Crippen LogP contribution in [0, 0.1) is 0 Å². The molecule has 2 atom stereocenters. The van der Waals surface area contributed by atoms with E-state index in [1.54, 1.807) is 0 Å². The molecule has 9 nitrogen and oxygen atoms in total. The zero-order valence-electron chi connectivity index (χ0n) is 61.8. The first-order chi connectivity index (χ1) is 45.3. The summed E-state index contributed by atoms with van der Waals surface area (Å²) in [7, 11) is -4.39. The van der Waals surface area contributed by atoms with Gasteiger partial charge in [-0.15, -0.1) is 0 Å². The molecule has 0 saturated carbocycles. The molecule has 0 aromatic heterocycles. The summed E-state index contributed by atoms with van der Waals surface area (Å²) >= 11 is 0. The summed E-state index contributed by atoms with van der Waals surface area (Å²) in [6.45, 7) is 3.83. The number of ether oxygens (including phenoxy) is 2. The minimum Gasteiger partial charge on any atom is -0.462 e. The van der Waals surface area contributed by atoms with Gasteiger partial charge in [-0.1, -0.05) is 423 Å². The van der Waals surface area contributed by atoms with Gasteiger partial charge in [0, 0.05) is 19.4 Å². The number of allylic oxidation sites excluding steroid dienone is 4. The van der Waals surface area contributed by atoms with Crippen LogP contribution in [0.3, 0.4) is 0 Å². The van der Waals surface area contributed by atoms with Crippen LogP contribution in [0.1, 0.15) is 457 Å². The summed E-state index contributed by atoms with van der Waals surface area (Å²) in [6, 6.07) is 0. The molecule has 0 heterocycles. The van der Waals surface area contributed by atoms with E-state index >= 15 is 0 Å². The molecule has 0 saturated heterocycles. The lowest BCUT2D eigenvalue weighted by molar-refractivity contribution is -0.161.